The number of halogens is 1. The highest BCUT2D eigenvalue weighted by Gasteiger charge is 2.42. The lowest BCUT2D eigenvalue weighted by molar-refractivity contribution is -0.164. The maximum absolute atomic E-state index is 11.3. The molecule has 0 aromatic rings. The third kappa shape index (κ3) is 2.23. The fourth-order valence-electron chi connectivity index (χ4n) is 1.14. The van der Waals surface area contributed by atoms with Crippen molar-refractivity contribution in [2.24, 2.45) is 5.92 Å². The Kier molecular flexibility index (Phi) is 3.46. The van der Waals surface area contributed by atoms with Crippen LogP contribution in [0.25, 0.3) is 0 Å². The van der Waals surface area contributed by atoms with Crippen LogP contribution in [-0.4, -0.2) is 30.7 Å². The molecule has 1 aliphatic heterocycles. The summed E-state index contributed by atoms with van der Waals surface area (Å²) in [5.74, 6) is -2.11. The van der Waals surface area contributed by atoms with E-state index in [1.165, 1.54) is 0 Å². The fourth-order valence-corrected chi connectivity index (χ4v) is 1.64. The van der Waals surface area contributed by atoms with Crippen molar-refractivity contribution in [1.82, 2.24) is 5.06 Å². The number of imide groups is 1. The summed E-state index contributed by atoms with van der Waals surface area (Å²) < 4.78 is 24.4. The van der Waals surface area contributed by atoms with E-state index in [2.05, 4.69) is 4.28 Å². The number of amides is 2. The molecule has 0 aromatic heterocycles. The van der Waals surface area contributed by atoms with Crippen molar-refractivity contribution in [2.45, 2.75) is 18.7 Å². The first-order valence-corrected chi connectivity index (χ1v) is 5.30. The van der Waals surface area contributed by atoms with Gasteiger partial charge in [-0.25, -0.2) is 8.42 Å². The van der Waals surface area contributed by atoms with Crippen molar-refractivity contribution in [2.75, 3.05) is 0 Å². The maximum Gasteiger partial charge on any atom is 0.278 e. The normalized spacial score (nSPS) is 24.8. The molecule has 1 rings (SSSR count). The molecule has 2 atom stereocenters. The van der Waals surface area contributed by atoms with Crippen LogP contribution in [-0.2, 0) is 24.9 Å². The summed E-state index contributed by atoms with van der Waals surface area (Å²) in [6.45, 7) is 1.55. The number of hydrogen-bond acceptors (Lipinski definition) is 5. The lowest BCUT2D eigenvalue weighted by Crippen LogP contribution is -2.31. The molecule has 0 aromatic carbocycles. The van der Waals surface area contributed by atoms with Crippen molar-refractivity contribution in [3.8, 4) is 0 Å². The number of alkyl halides is 1. The molecule has 1 aliphatic rings. The minimum absolute atomic E-state index is 0.118. The van der Waals surface area contributed by atoms with Crippen molar-refractivity contribution < 1.29 is 22.3 Å². The molecule has 0 bridgehead atoms. The SMILES string of the molecule is CC(Cl)C1CC(=O)N(O[SH](=O)=O)C1=O. The maximum atomic E-state index is 11.3. The van der Waals surface area contributed by atoms with Gasteiger partial charge in [0.25, 0.3) is 22.8 Å². The van der Waals surface area contributed by atoms with Gasteiger partial charge in [-0.15, -0.1) is 20.9 Å². The smallest absolute Gasteiger partial charge is 0.272 e. The van der Waals surface area contributed by atoms with Gasteiger partial charge in [-0.05, 0) is 6.92 Å². The zero-order valence-corrected chi connectivity index (χ0v) is 8.83. The van der Waals surface area contributed by atoms with Crippen LogP contribution in [0, 0.1) is 5.92 Å². The third-order valence-electron chi connectivity index (χ3n) is 1.84. The molecule has 1 saturated heterocycles. The number of carbonyl (C=O) groups is 2. The van der Waals surface area contributed by atoms with Crippen molar-refractivity contribution >= 4 is 34.4 Å². The second-order valence-corrected chi connectivity index (χ2v) is 4.12. The van der Waals surface area contributed by atoms with Crippen LogP contribution >= 0.6 is 11.6 Å². The molecule has 8 heteroatoms. The molecule has 14 heavy (non-hydrogen) atoms. The Morgan fingerprint density at radius 3 is 2.50 bits per heavy atom. The van der Waals surface area contributed by atoms with Crippen molar-refractivity contribution in [1.29, 1.82) is 0 Å². The first-order valence-electron chi connectivity index (χ1n) is 3.77. The molecule has 1 heterocycles. The van der Waals surface area contributed by atoms with Gasteiger partial charge in [0.2, 0.25) is 0 Å². The van der Waals surface area contributed by atoms with Crippen LogP contribution in [0.3, 0.4) is 0 Å². The van der Waals surface area contributed by atoms with E-state index in [0.29, 0.717) is 0 Å². The van der Waals surface area contributed by atoms with E-state index < -0.39 is 34.1 Å². The van der Waals surface area contributed by atoms with E-state index >= 15 is 0 Å². The first-order chi connectivity index (χ1) is 6.43. The molecule has 6 nitrogen and oxygen atoms in total. The summed E-state index contributed by atoms with van der Waals surface area (Å²) in [6.07, 6.45) is -0.118. The van der Waals surface area contributed by atoms with Gasteiger partial charge in [-0.1, -0.05) is 0 Å². The molecule has 2 amide bonds. The third-order valence-corrected chi connectivity index (χ3v) is 2.44. The molecular formula is C6H8ClNO5S. The topological polar surface area (TPSA) is 80.8 Å². The molecule has 0 N–H and O–H groups in total. The summed E-state index contributed by atoms with van der Waals surface area (Å²) in [4.78, 5) is 22.4. The number of thiol groups is 1. The summed E-state index contributed by atoms with van der Waals surface area (Å²) in [5.41, 5.74) is 0. The summed E-state index contributed by atoms with van der Waals surface area (Å²) in [6, 6.07) is 0. The van der Waals surface area contributed by atoms with E-state index in [4.69, 9.17) is 11.6 Å². The average Bonchev–Trinajstić information content (AvgIpc) is 2.31. The largest absolute Gasteiger partial charge is 0.278 e. The number of carbonyl (C=O) groups excluding carboxylic acids is 2. The van der Waals surface area contributed by atoms with Crippen LogP contribution in [0.5, 0.6) is 0 Å². The molecule has 80 valence electrons. The van der Waals surface area contributed by atoms with Gasteiger partial charge in [0.05, 0.1) is 5.92 Å². The average molecular weight is 242 g/mol. The van der Waals surface area contributed by atoms with Gasteiger partial charge >= 0.3 is 0 Å². The molecule has 0 saturated carbocycles. The minimum atomic E-state index is -3.26. The van der Waals surface area contributed by atoms with Gasteiger partial charge in [-0.2, -0.15) is 0 Å². The Morgan fingerprint density at radius 1 is 1.57 bits per heavy atom. The fraction of sp³-hybridized carbons (Fsp3) is 0.667. The van der Waals surface area contributed by atoms with Crippen molar-refractivity contribution in [3.63, 3.8) is 0 Å². The van der Waals surface area contributed by atoms with E-state index in [-0.39, 0.29) is 11.5 Å². The van der Waals surface area contributed by atoms with Gasteiger partial charge in [0, 0.05) is 11.8 Å². The van der Waals surface area contributed by atoms with Crippen LogP contribution in [0.15, 0.2) is 0 Å². The number of nitrogens with zero attached hydrogens (tertiary/aromatic N) is 1. The second kappa shape index (κ2) is 4.24. The van der Waals surface area contributed by atoms with Gasteiger partial charge in [0.1, 0.15) is 0 Å². The van der Waals surface area contributed by atoms with E-state index in [0.717, 1.165) is 0 Å². The zero-order chi connectivity index (χ0) is 10.9. The molecule has 0 aliphatic carbocycles. The van der Waals surface area contributed by atoms with Crippen LogP contribution in [0.4, 0.5) is 0 Å². The lowest BCUT2D eigenvalue weighted by atomic mass is 10.1. The number of hydroxylamine groups is 2. The van der Waals surface area contributed by atoms with Gasteiger partial charge in [0.15, 0.2) is 0 Å². The van der Waals surface area contributed by atoms with Gasteiger partial charge < -0.3 is 0 Å². The predicted octanol–water partition coefficient (Wildman–Crippen LogP) is -0.553. The number of rotatable bonds is 3. The number of hydrogen-bond donors (Lipinski definition) is 1. The monoisotopic (exact) mass is 241 g/mol. The first kappa shape index (κ1) is 11.4. The Balaban J connectivity index is 2.80. The second-order valence-electron chi connectivity index (χ2n) is 2.82. The Bertz CT molecular complexity index is 331. The van der Waals surface area contributed by atoms with Crippen LogP contribution in [0.2, 0.25) is 0 Å². The van der Waals surface area contributed by atoms with E-state index in [1.54, 1.807) is 6.92 Å². The van der Waals surface area contributed by atoms with Gasteiger partial charge in [-0.3, -0.25) is 9.59 Å². The quantitative estimate of drug-likeness (QED) is 0.407. The molecule has 0 radical (unpaired) electrons. The Hall–Kier alpha value is -0.660. The highest BCUT2D eigenvalue weighted by Crippen LogP contribution is 2.25. The summed E-state index contributed by atoms with van der Waals surface area (Å²) in [7, 11) is -3.26. The highest BCUT2D eigenvalue weighted by molar-refractivity contribution is 7.67. The minimum Gasteiger partial charge on any atom is -0.272 e. The van der Waals surface area contributed by atoms with E-state index in [1.807, 2.05) is 0 Å². The Morgan fingerprint density at radius 2 is 2.14 bits per heavy atom. The lowest BCUT2D eigenvalue weighted by Gasteiger charge is -2.10. The van der Waals surface area contributed by atoms with E-state index in [9.17, 15) is 18.0 Å². The molecule has 1 fully saturated rings. The molecule has 2 unspecified atom stereocenters. The Labute approximate surface area is 86.9 Å². The highest BCUT2D eigenvalue weighted by atomic mass is 35.5. The molecule has 0 spiro atoms. The zero-order valence-electron chi connectivity index (χ0n) is 7.18. The van der Waals surface area contributed by atoms with Crippen LogP contribution in [0.1, 0.15) is 13.3 Å². The summed E-state index contributed by atoms with van der Waals surface area (Å²) in [5, 5.41) is -0.292. The standard InChI is InChI=1S/C6H8ClNO5S/c1-3(7)4-2-5(9)8(6(4)10)13-14(11)12/h3-4,14H,2H2,1H3. The summed E-state index contributed by atoms with van der Waals surface area (Å²) >= 11 is 5.64. The predicted molar refractivity (Wildman–Crippen MR) is 46.7 cm³/mol. The van der Waals surface area contributed by atoms with Crippen molar-refractivity contribution in [3.05, 3.63) is 0 Å². The molecular weight excluding hydrogens is 234 g/mol. The van der Waals surface area contributed by atoms with Crippen LogP contribution < -0.4 is 0 Å².